The van der Waals surface area contributed by atoms with Gasteiger partial charge in [-0.05, 0) is 32.2 Å². The summed E-state index contributed by atoms with van der Waals surface area (Å²) in [5.74, 6) is 0.806. The molecule has 0 unspecified atom stereocenters. The Kier molecular flexibility index (Phi) is 3.64. The van der Waals surface area contributed by atoms with Gasteiger partial charge >= 0.3 is 0 Å². The number of aromatic nitrogens is 2. The van der Waals surface area contributed by atoms with E-state index in [1.807, 2.05) is 32.2 Å². The number of halogens is 1. The van der Waals surface area contributed by atoms with Gasteiger partial charge in [-0.25, -0.2) is 9.97 Å². The standard InChI is InChI=1S/C12H14ClN3S/c1-4-14-12-10(11-9(13)5-6-17-11)15-7(2)8(3)16-12/h5-6H,4H2,1-3H3,(H,14,16). The summed E-state index contributed by atoms with van der Waals surface area (Å²) in [6.45, 7) is 6.77. The first-order valence-corrected chi connectivity index (χ1v) is 6.71. The van der Waals surface area contributed by atoms with Gasteiger partial charge in [0.1, 0.15) is 5.69 Å². The first kappa shape index (κ1) is 12.3. The second-order valence-electron chi connectivity index (χ2n) is 3.72. The summed E-state index contributed by atoms with van der Waals surface area (Å²) in [5.41, 5.74) is 2.72. The van der Waals surface area contributed by atoms with Crippen LogP contribution in [0.1, 0.15) is 18.3 Å². The smallest absolute Gasteiger partial charge is 0.153 e. The van der Waals surface area contributed by atoms with Gasteiger partial charge in [0, 0.05) is 6.54 Å². The summed E-state index contributed by atoms with van der Waals surface area (Å²) in [6, 6.07) is 1.88. The van der Waals surface area contributed by atoms with Crippen LogP contribution >= 0.6 is 22.9 Å². The van der Waals surface area contributed by atoms with Crippen molar-refractivity contribution in [3.05, 3.63) is 27.9 Å². The van der Waals surface area contributed by atoms with Crippen LogP contribution in [0.2, 0.25) is 5.02 Å². The molecule has 1 N–H and O–H groups in total. The van der Waals surface area contributed by atoms with E-state index in [1.54, 1.807) is 11.3 Å². The number of hydrogen-bond donors (Lipinski definition) is 1. The maximum atomic E-state index is 6.15. The summed E-state index contributed by atoms with van der Waals surface area (Å²) < 4.78 is 0. The fourth-order valence-corrected chi connectivity index (χ4v) is 2.65. The van der Waals surface area contributed by atoms with Crippen molar-refractivity contribution in [1.82, 2.24) is 9.97 Å². The highest BCUT2D eigenvalue weighted by atomic mass is 35.5. The number of thiophene rings is 1. The Morgan fingerprint density at radius 3 is 2.59 bits per heavy atom. The minimum Gasteiger partial charge on any atom is -0.369 e. The van der Waals surface area contributed by atoms with Gasteiger partial charge in [-0.1, -0.05) is 11.6 Å². The average Bonchev–Trinajstić information content (AvgIpc) is 2.70. The third-order valence-electron chi connectivity index (χ3n) is 2.48. The van der Waals surface area contributed by atoms with Crippen LogP contribution in [0.4, 0.5) is 5.82 Å². The van der Waals surface area contributed by atoms with Gasteiger partial charge in [-0.3, -0.25) is 0 Å². The molecule has 3 nitrogen and oxygen atoms in total. The number of nitrogens with zero attached hydrogens (tertiary/aromatic N) is 2. The zero-order chi connectivity index (χ0) is 12.4. The minimum absolute atomic E-state index is 0.728. The molecule has 0 radical (unpaired) electrons. The molecule has 0 aliphatic carbocycles. The Balaban J connectivity index is 2.59. The SMILES string of the molecule is CCNc1nc(C)c(C)nc1-c1sccc1Cl. The quantitative estimate of drug-likeness (QED) is 0.916. The maximum absolute atomic E-state index is 6.15. The van der Waals surface area contributed by atoms with Crippen LogP contribution in [0.25, 0.3) is 10.6 Å². The van der Waals surface area contributed by atoms with Gasteiger partial charge in [-0.2, -0.15) is 0 Å². The van der Waals surface area contributed by atoms with Crippen LogP contribution in [0.5, 0.6) is 0 Å². The highest BCUT2D eigenvalue weighted by molar-refractivity contribution is 7.14. The van der Waals surface area contributed by atoms with E-state index >= 15 is 0 Å². The van der Waals surface area contributed by atoms with E-state index in [1.165, 1.54) is 0 Å². The van der Waals surface area contributed by atoms with Gasteiger partial charge < -0.3 is 5.32 Å². The average molecular weight is 268 g/mol. The minimum atomic E-state index is 0.728. The monoisotopic (exact) mass is 267 g/mol. The van der Waals surface area contributed by atoms with E-state index in [4.69, 9.17) is 11.6 Å². The fraction of sp³-hybridized carbons (Fsp3) is 0.333. The lowest BCUT2D eigenvalue weighted by Crippen LogP contribution is -2.05. The zero-order valence-corrected chi connectivity index (χ0v) is 11.6. The Labute approximate surface area is 110 Å². The molecule has 0 bridgehead atoms. The van der Waals surface area contributed by atoms with Crippen molar-refractivity contribution in [2.75, 3.05) is 11.9 Å². The van der Waals surface area contributed by atoms with E-state index in [2.05, 4.69) is 15.3 Å². The van der Waals surface area contributed by atoms with Crippen LogP contribution < -0.4 is 5.32 Å². The lowest BCUT2D eigenvalue weighted by atomic mass is 10.2. The molecule has 0 aliphatic rings. The largest absolute Gasteiger partial charge is 0.369 e. The summed E-state index contributed by atoms with van der Waals surface area (Å²) in [5, 5.41) is 5.93. The Bertz CT molecular complexity index is 537. The van der Waals surface area contributed by atoms with E-state index in [0.29, 0.717) is 0 Å². The van der Waals surface area contributed by atoms with Crippen molar-refractivity contribution in [2.45, 2.75) is 20.8 Å². The number of anilines is 1. The highest BCUT2D eigenvalue weighted by Gasteiger charge is 2.14. The number of rotatable bonds is 3. The molecule has 17 heavy (non-hydrogen) atoms. The Morgan fingerprint density at radius 2 is 2.00 bits per heavy atom. The molecule has 0 fully saturated rings. The van der Waals surface area contributed by atoms with Crippen LogP contribution in [0, 0.1) is 13.8 Å². The van der Waals surface area contributed by atoms with Crippen molar-refractivity contribution >= 4 is 28.8 Å². The lowest BCUT2D eigenvalue weighted by Gasteiger charge is -2.10. The lowest BCUT2D eigenvalue weighted by molar-refractivity contribution is 1.04. The summed E-state index contributed by atoms with van der Waals surface area (Å²) >= 11 is 7.74. The first-order valence-electron chi connectivity index (χ1n) is 5.46. The predicted octanol–water partition coefficient (Wildman–Crippen LogP) is 3.91. The van der Waals surface area contributed by atoms with Gasteiger partial charge in [0.2, 0.25) is 0 Å². The predicted molar refractivity (Wildman–Crippen MR) is 74.0 cm³/mol. The molecule has 0 saturated carbocycles. The van der Waals surface area contributed by atoms with Crippen molar-refractivity contribution in [1.29, 1.82) is 0 Å². The third-order valence-corrected chi connectivity index (χ3v) is 3.83. The summed E-state index contributed by atoms with van der Waals surface area (Å²) in [4.78, 5) is 10.1. The summed E-state index contributed by atoms with van der Waals surface area (Å²) in [7, 11) is 0. The Hall–Kier alpha value is -1.13. The number of nitrogens with one attached hydrogen (secondary N) is 1. The Morgan fingerprint density at radius 1 is 1.29 bits per heavy atom. The first-order chi connectivity index (χ1) is 8.13. The molecule has 0 aromatic carbocycles. The van der Waals surface area contributed by atoms with Crippen molar-refractivity contribution in [2.24, 2.45) is 0 Å². The van der Waals surface area contributed by atoms with Gasteiger partial charge in [0.05, 0.1) is 21.3 Å². The molecule has 0 atom stereocenters. The zero-order valence-electron chi connectivity index (χ0n) is 10.0. The normalized spacial score (nSPS) is 10.6. The topological polar surface area (TPSA) is 37.8 Å². The third kappa shape index (κ3) is 2.42. The van der Waals surface area contributed by atoms with E-state index in [-0.39, 0.29) is 0 Å². The van der Waals surface area contributed by atoms with Crippen molar-refractivity contribution in [3.8, 4) is 10.6 Å². The molecule has 0 spiro atoms. The van der Waals surface area contributed by atoms with Crippen molar-refractivity contribution < 1.29 is 0 Å². The maximum Gasteiger partial charge on any atom is 0.153 e. The van der Waals surface area contributed by atoms with E-state index < -0.39 is 0 Å². The molecule has 2 aromatic heterocycles. The highest BCUT2D eigenvalue weighted by Crippen LogP contribution is 2.35. The molecule has 0 aliphatic heterocycles. The van der Waals surface area contributed by atoms with Gasteiger partial charge in [0.25, 0.3) is 0 Å². The molecule has 2 rings (SSSR count). The van der Waals surface area contributed by atoms with Crippen molar-refractivity contribution in [3.63, 3.8) is 0 Å². The molecule has 90 valence electrons. The second-order valence-corrected chi connectivity index (χ2v) is 5.04. The van der Waals surface area contributed by atoms with Crippen LogP contribution in [-0.4, -0.2) is 16.5 Å². The molecule has 0 saturated heterocycles. The molecule has 0 amide bonds. The molecule has 5 heteroatoms. The van der Waals surface area contributed by atoms with Crippen LogP contribution in [0.15, 0.2) is 11.4 Å². The molecule has 2 heterocycles. The molecule has 2 aromatic rings. The van der Waals surface area contributed by atoms with Crippen LogP contribution in [-0.2, 0) is 0 Å². The molecular weight excluding hydrogens is 254 g/mol. The van der Waals surface area contributed by atoms with E-state index in [0.717, 1.165) is 39.3 Å². The fourth-order valence-electron chi connectivity index (χ4n) is 1.51. The van der Waals surface area contributed by atoms with E-state index in [9.17, 15) is 0 Å². The van der Waals surface area contributed by atoms with Crippen LogP contribution in [0.3, 0.4) is 0 Å². The summed E-state index contributed by atoms with van der Waals surface area (Å²) in [6.07, 6.45) is 0. The number of aryl methyl sites for hydroxylation is 2. The van der Waals surface area contributed by atoms with Gasteiger partial charge in [0.15, 0.2) is 5.82 Å². The number of hydrogen-bond acceptors (Lipinski definition) is 4. The van der Waals surface area contributed by atoms with Gasteiger partial charge in [-0.15, -0.1) is 11.3 Å². The molecular formula is C12H14ClN3S. The second kappa shape index (κ2) is 5.02.